The summed E-state index contributed by atoms with van der Waals surface area (Å²) in [4.78, 5) is 13.6. The smallest absolute Gasteiger partial charge is 0.147 e. The molecule has 0 amide bonds. The van der Waals surface area contributed by atoms with E-state index in [1.54, 1.807) is 0 Å². The maximum absolute atomic E-state index is 4.66. The quantitative estimate of drug-likeness (QED) is 0.852. The van der Waals surface area contributed by atoms with Crippen LogP contribution in [0.1, 0.15) is 18.5 Å². The lowest BCUT2D eigenvalue weighted by molar-refractivity contribution is 0.257. The molecule has 2 rings (SSSR count). The van der Waals surface area contributed by atoms with Crippen LogP contribution in [0.25, 0.3) is 0 Å². The van der Waals surface area contributed by atoms with Gasteiger partial charge in [-0.15, -0.1) is 0 Å². The van der Waals surface area contributed by atoms with E-state index in [4.69, 9.17) is 0 Å². The molecule has 0 radical (unpaired) electrons. The van der Waals surface area contributed by atoms with Crippen LogP contribution in [0.2, 0.25) is 0 Å². The molecule has 100 valence electrons. The Labute approximate surface area is 109 Å². The number of anilines is 1. The standard InChI is InChI=1S/C13H23N5/c1-14-7-11-8-15-9-13(16-11)18-6-4-5-12(10-18)17(2)3/h8-9,12,14H,4-7,10H2,1-3H3. The Morgan fingerprint density at radius 3 is 3.00 bits per heavy atom. The number of rotatable bonds is 4. The van der Waals surface area contributed by atoms with Gasteiger partial charge in [0.1, 0.15) is 5.82 Å². The zero-order chi connectivity index (χ0) is 13.0. The first-order valence-electron chi connectivity index (χ1n) is 6.57. The summed E-state index contributed by atoms with van der Waals surface area (Å²) in [5.41, 5.74) is 1.00. The molecule has 0 aromatic carbocycles. The lowest BCUT2D eigenvalue weighted by Crippen LogP contribution is -2.45. The van der Waals surface area contributed by atoms with Crippen molar-refractivity contribution in [3.05, 3.63) is 18.1 Å². The molecule has 1 aliphatic heterocycles. The molecule has 5 nitrogen and oxygen atoms in total. The number of nitrogens with one attached hydrogen (secondary N) is 1. The first-order valence-corrected chi connectivity index (χ1v) is 6.57. The monoisotopic (exact) mass is 249 g/mol. The highest BCUT2D eigenvalue weighted by Gasteiger charge is 2.22. The van der Waals surface area contributed by atoms with Crippen LogP contribution in [-0.4, -0.2) is 55.1 Å². The Hall–Kier alpha value is -1.20. The number of hydrogen-bond donors (Lipinski definition) is 1. The van der Waals surface area contributed by atoms with Crippen molar-refractivity contribution >= 4 is 5.82 Å². The summed E-state index contributed by atoms with van der Waals surface area (Å²) in [5, 5.41) is 3.11. The Kier molecular flexibility index (Phi) is 4.49. The fourth-order valence-corrected chi connectivity index (χ4v) is 2.40. The van der Waals surface area contributed by atoms with Gasteiger partial charge in [-0.3, -0.25) is 4.98 Å². The lowest BCUT2D eigenvalue weighted by Gasteiger charge is -2.36. The van der Waals surface area contributed by atoms with Crippen molar-refractivity contribution < 1.29 is 0 Å². The molecule has 0 bridgehead atoms. The number of aromatic nitrogens is 2. The van der Waals surface area contributed by atoms with Gasteiger partial charge < -0.3 is 15.1 Å². The Bertz CT molecular complexity index is 379. The Morgan fingerprint density at radius 2 is 2.28 bits per heavy atom. The van der Waals surface area contributed by atoms with Crippen LogP contribution in [0.4, 0.5) is 5.82 Å². The van der Waals surface area contributed by atoms with Crippen LogP contribution in [0, 0.1) is 0 Å². The van der Waals surface area contributed by atoms with Gasteiger partial charge in [-0.1, -0.05) is 0 Å². The molecule has 1 fully saturated rings. The minimum absolute atomic E-state index is 0.619. The second-order valence-electron chi connectivity index (χ2n) is 5.10. The van der Waals surface area contributed by atoms with Crippen molar-refractivity contribution in [3.63, 3.8) is 0 Å². The molecule has 2 heterocycles. The summed E-state index contributed by atoms with van der Waals surface area (Å²) in [6, 6.07) is 0.619. The molecule has 1 saturated heterocycles. The SMILES string of the molecule is CNCc1cncc(N2CCCC(N(C)C)C2)n1. The molecule has 0 aliphatic carbocycles. The van der Waals surface area contributed by atoms with Crippen molar-refractivity contribution in [2.24, 2.45) is 0 Å². The van der Waals surface area contributed by atoms with E-state index in [-0.39, 0.29) is 0 Å². The number of hydrogen-bond acceptors (Lipinski definition) is 5. The van der Waals surface area contributed by atoms with Gasteiger partial charge in [-0.2, -0.15) is 0 Å². The highest BCUT2D eigenvalue weighted by atomic mass is 15.2. The number of nitrogens with zero attached hydrogens (tertiary/aromatic N) is 4. The van der Waals surface area contributed by atoms with Gasteiger partial charge in [0, 0.05) is 31.9 Å². The highest BCUT2D eigenvalue weighted by molar-refractivity contribution is 5.37. The second kappa shape index (κ2) is 6.11. The average molecular weight is 249 g/mol. The maximum atomic E-state index is 4.66. The predicted octanol–water partition coefficient (Wildman–Crippen LogP) is 0.726. The summed E-state index contributed by atoms with van der Waals surface area (Å²) < 4.78 is 0. The van der Waals surface area contributed by atoms with E-state index in [1.807, 2.05) is 19.4 Å². The molecule has 0 spiro atoms. The largest absolute Gasteiger partial charge is 0.354 e. The summed E-state index contributed by atoms with van der Waals surface area (Å²) in [6.07, 6.45) is 6.19. The molecular weight excluding hydrogens is 226 g/mol. The fraction of sp³-hybridized carbons (Fsp3) is 0.692. The molecule has 1 aromatic heterocycles. The summed E-state index contributed by atoms with van der Waals surface area (Å²) >= 11 is 0. The van der Waals surface area contributed by atoms with Gasteiger partial charge in [0.2, 0.25) is 0 Å². The van der Waals surface area contributed by atoms with Crippen molar-refractivity contribution in [2.45, 2.75) is 25.4 Å². The number of likely N-dealkylation sites (N-methyl/N-ethyl adjacent to an activating group) is 1. The van der Waals surface area contributed by atoms with E-state index in [0.29, 0.717) is 6.04 Å². The molecule has 1 aromatic rings. The average Bonchev–Trinajstić information content (AvgIpc) is 2.39. The topological polar surface area (TPSA) is 44.3 Å². The van der Waals surface area contributed by atoms with Gasteiger partial charge in [0.25, 0.3) is 0 Å². The van der Waals surface area contributed by atoms with E-state index in [9.17, 15) is 0 Å². The van der Waals surface area contributed by atoms with Crippen molar-refractivity contribution in [1.82, 2.24) is 20.2 Å². The molecule has 1 aliphatic rings. The third-order valence-electron chi connectivity index (χ3n) is 3.48. The number of piperidine rings is 1. The van der Waals surface area contributed by atoms with Crippen LogP contribution in [0.15, 0.2) is 12.4 Å². The van der Waals surface area contributed by atoms with Crippen molar-refractivity contribution in [1.29, 1.82) is 0 Å². The Morgan fingerprint density at radius 1 is 1.44 bits per heavy atom. The third-order valence-corrected chi connectivity index (χ3v) is 3.48. The zero-order valence-corrected chi connectivity index (χ0v) is 11.6. The molecular formula is C13H23N5. The molecule has 1 unspecified atom stereocenters. The van der Waals surface area contributed by atoms with Crippen LogP contribution >= 0.6 is 0 Å². The minimum Gasteiger partial charge on any atom is -0.354 e. The Balaban J connectivity index is 2.08. The van der Waals surface area contributed by atoms with E-state index < -0.39 is 0 Å². The molecule has 1 N–H and O–H groups in total. The van der Waals surface area contributed by atoms with Crippen molar-refractivity contribution in [2.75, 3.05) is 39.1 Å². The van der Waals surface area contributed by atoms with Gasteiger partial charge in [0.05, 0.1) is 11.9 Å². The molecule has 5 heteroatoms. The maximum Gasteiger partial charge on any atom is 0.147 e. The van der Waals surface area contributed by atoms with E-state index in [0.717, 1.165) is 31.1 Å². The van der Waals surface area contributed by atoms with Crippen LogP contribution < -0.4 is 10.2 Å². The minimum atomic E-state index is 0.619. The summed E-state index contributed by atoms with van der Waals surface area (Å²) in [7, 11) is 6.23. The fourth-order valence-electron chi connectivity index (χ4n) is 2.40. The van der Waals surface area contributed by atoms with E-state index in [1.165, 1.54) is 12.8 Å². The summed E-state index contributed by atoms with van der Waals surface area (Å²) in [5.74, 6) is 1.01. The molecule has 1 atom stereocenters. The summed E-state index contributed by atoms with van der Waals surface area (Å²) in [6.45, 7) is 2.90. The van der Waals surface area contributed by atoms with Crippen molar-refractivity contribution in [3.8, 4) is 0 Å². The van der Waals surface area contributed by atoms with Crippen LogP contribution in [-0.2, 0) is 6.54 Å². The van der Waals surface area contributed by atoms with Crippen LogP contribution in [0.3, 0.4) is 0 Å². The van der Waals surface area contributed by atoms with Crippen LogP contribution in [0.5, 0.6) is 0 Å². The third kappa shape index (κ3) is 3.17. The predicted molar refractivity (Wildman–Crippen MR) is 73.7 cm³/mol. The van der Waals surface area contributed by atoms with Gasteiger partial charge in [0.15, 0.2) is 0 Å². The van der Waals surface area contributed by atoms with Gasteiger partial charge in [-0.25, -0.2) is 4.98 Å². The van der Waals surface area contributed by atoms with Gasteiger partial charge in [-0.05, 0) is 34.0 Å². The normalized spacial score (nSPS) is 20.4. The van der Waals surface area contributed by atoms with Gasteiger partial charge >= 0.3 is 0 Å². The molecule has 18 heavy (non-hydrogen) atoms. The zero-order valence-electron chi connectivity index (χ0n) is 11.6. The lowest BCUT2D eigenvalue weighted by atomic mass is 10.1. The molecule has 0 saturated carbocycles. The first-order chi connectivity index (χ1) is 8.70. The van der Waals surface area contributed by atoms with E-state index in [2.05, 4.69) is 39.2 Å². The van der Waals surface area contributed by atoms with E-state index >= 15 is 0 Å². The second-order valence-corrected chi connectivity index (χ2v) is 5.10. The first kappa shape index (κ1) is 13.2. The highest BCUT2D eigenvalue weighted by Crippen LogP contribution is 2.19.